The molecule has 0 aromatic heterocycles. The highest BCUT2D eigenvalue weighted by Gasteiger charge is 2.09. The minimum absolute atomic E-state index is 0.0359. The van der Waals surface area contributed by atoms with Gasteiger partial charge in [0.15, 0.2) is 5.11 Å². The topological polar surface area (TPSA) is 76.7 Å². The van der Waals surface area contributed by atoms with E-state index in [0.29, 0.717) is 13.2 Å². The van der Waals surface area contributed by atoms with Gasteiger partial charge in [-0.25, -0.2) is 0 Å². The van der Waals surface area contributed by atoms with E-state index in [0.717, 1.165) is 24.3 Å². The van der Waals surface area contributed by atoms with Gasteiger partial charge in [-0.2, -0.15) is 0 Å². The average molecular weight is 352 g/mol. The Labute approximate surface area is 147 Å². The Morgan fingerprint density at radius 3 is 2.33 bits per heavy atom. The lowest BCUT2D eigenvalue weighted by atomic mass is 10.3. The van der Waals surface area contributed by atoms with E-state index >= 15 is 0 Å². The van der Waals surface area contributed by atoms with Crippen LogP contribution in [0.25, 0.3) is 0 Å². The van der Waals surface area contributed by atoms with Gasteiger partial charge in [0.05, 0.1) is 19.6 Å². The van der Waals surface area contributed by atoms with E-state index in [9.17, 15) is 9.59 Å². The van der Waals surface area contributed by atoms with Crippen LogP contribution in [0.2, 0.25) is 0 Å². The Hall–Kier alpha value is -2.15. The van der Waals surface area contributed by atoms with Crippen LogP contribution >= 0.6 is 12.2 Å². The molecule has 1 rings (SSSR count). The molecule has 0 aliphatic rings. The van der Waals surface area contributed by atoms with Gasteiger partial charge in [0, 0.05) is 12.1 Å². The van der Waals surface area contributed by atoms with Crippen LogP contribution in [0.3, 0.4) is 0 Å². The maximum absolute atomic E-state index is 11.7. The predicted molar refractivity (Wildman–Crippen MR) is 97.1 cm³/mol. The van der Waals surface area contributed by atoms with E-state index in [2.05, 4.69) is 10.6 Å². The Kier molecular flexibility index (Phi) is 9.45. The Morgan fingerprint density at radius 2 is 1.71 bits per heavy atom. The van der Waals surface area contributed by atoms with Crippen LogP contribution in [0.15, 0.2) is 24.3 Å². The molecular weight excluding hydrogens is 328 g/mol. The zero-order valence-corrected chi connectivity index (χ0v) is 14.9. The lowest BCUT2D eigenvalue weighted by Gasteiger charge is -2.10. The normalized spacial score (nSPS) is 9.92. The molecule has 0 bridgehead atoms. The fourth-order valence-corrected chi connectivity index (χ4v) is 1.94. The zero-order chi connectivity index (χ0) is 17.8. The number of anilines is 1. The molecule has 0 aliphatic carbocycles. The van der Waals surface area contributed by atoms with E-state index in [1.54, 1.807) is 0 Å². The third-order valence-electron chi connectivity index (χ3n) is 2.86. The third-order valence-corrected chi connectivity index (χ3v) is 3.07. The van der Waals surface area contributed by atoms with Crippen LogP contribution < -0.4 is 15.4 Å². The molecule has 132 valence electrons. The minimum Gasteiger partial charge on any atom is -0.494 e. The Bertz CT molecular complexity index is 546. The molecule has 0 spiro atoms. The summed E-state index contributed by atoms with van der Waals surface area (Å²) < 4.78 is 10.4. The first-order valence-electron chi connectivity index (χ1n) is 8.04. The number of benzene rings is 1. The van der Waals surface area contributed by atoms with Crippen molar-refractivity contribution in [2.24, 2.45) is 0 Å². The number of carbonyl (C=O) groups excluding carboxylic acids is 2. The molecule has 0 aliphatic heterocycles. The van der Waals surface area contributed by atoms with Gasteiger partial charge in [-0.05, 0) is 49.3 Å². The van der Waals surface area contributed by atoms with Crippen molar-refractivity contribution in [2.45, 2.75) is 39.5 Å². The van der Waals surface area contributed by atoms with Crippen molar-refractivity contribution in [1.29, 1.82) is 0 Å². The molecule has 0 heterocycles. The second-order valence-corrected chi connectivity index (χ2v) is 5.50. The first kappa shape index (κ1) is 19.9. The van der Waals surface area contributed by atoms with Crippen LogP contribution in [0.1, 0.15) is 39.5 Å². The fraction of sp³-hybridized carbons (Fsp3) is 0.471. The van der Waals surface area contributed by atoms with Gasteiger partial charge in [-0.1, -0.05) is 13.8 Å². The second kappa shape index (κ2) is 11.4. The molecule has 1 amide bonds. The van der Waals surface area contributed by atoms with Crippen molar-refractivity contribution in [1.82, 2.24) is 5.32 Å². The lowest BCUT2D eigenvalue weighted by Crippen LogP contribution is -2.34. The van der Waals surface area contributed by atoms with E-state index in [1.807, 2.05) is 38.1 Å². The summed E-state index contributed by atoms with van der Waals surface area (Å²) in [6.45, 7) is 4.99. The molecule has 0 saturated carbocycles. The summed E-state index contributed by atoms with van der Waals surface area (Å²) in [5.74, 6) is 0.0698. The third kappa shape index (κ3) is 8.47. The smallest absolute Gasteiger partial charge is 0.306 e. The van der Waals surface area contributed by atoms with Crippen LogP contribution in [0.5, 0.6) is 5.75 Å². The fourth-order valence-electron chi connectivity index (χ4n) is 1.71. The summed E-state index contributed by atoms with van der Waals surface area (Å²) in [6, 6.07) is 7.27. The number of amides is 1. The number of hydrogen-bond donors (Lipinski definition) is 2. The van der Waals surface area contributed by atoms with E-state index in [1.165, 1.54) is 0 Å². The Balaban J connectivity index is 2.32. The monoisotopic (exact) mass is 352 g/mol. The first-order chi connectivity index (χ1) is 11.5. The van der Waals surface area contributed by atoms with Gasteiger partial charge < -0.3 is 20.1 Å². The highest BCUT2D eigenvalue weighted by atomic mass is 32.1. The molecular formula is C17H24N2O4S. The summed E-state index contributed by atoms with van der Waals surface area (Å²) in [6.07, 6.45) is 1.78. The summed E-state index contributed by atoms with van der Waals surface area (Å²) in [4.78, 5) is 23.1. The van der Waals surface area contributed by atoms with E-state index in [4.69, 9.17) is 21.7 Å². The maximum atomic E-state index is 11.7. The van der Waals surface area contributed by atoms with Crippen molar-refractivity contribution in [3.05, 3.63) is 24.3 Å². The summed E-state index contributed by atoms with van der Waals surface area (Å²) >= 11 is 5.07. The molecule has 24 heavy (non-hydrogen) atoms. The summed E-state index contributed by atoms with van der Waals surface area (Å²) in [7, 11) is 0. The van der Waals surface area contributed by atoms with Crippen molar-refractivity contribution >= 4 is 34.9 Å². The SMILES string of the molecule is CCCOC(=O)CCC(=O)NC(=S)Nc1ccc(OCCC)cc1. The van der Waals surface area contributed by atoms with Crippen molar-refractivity contribution in [3.8, 4) is 5.75 Å². The molecule has 1 aromatic carbocycles. The lowest BCUT2D eigenvalue weighted by molar-refractivity contribution is -0.144. The van der Waals surface area contributed by atoms with Crippen LogP contribution in [-0.4, -0.2) is 30.2 Å². The summed E-state index contributed by atoms with van der Waals surface area (Å²) in [5, 5.41) is 5.62. The number of nitrogens with one attached hydrogen (secondary N) is 2. The largest absolute Gasteiger partial charge is 0.494 e. The molecule has 0 saturated heterocycles. The number of ether oxygens (including phenoxy) is 2. The quantitative estimate of drug-likeness (QED) is 0.525. The highest BCUT2D eigenvalue weighted by Crippen LogP contribution is 2.15. The van der Waals surface area contributed by atoms with Gasteiger partial charge >= 0.3 is 5.97 Å². The Morgan fingerprint density at radius 1 is 1.04 bits per heavy atom. The second-order valence-electron chi connectivity index (χ2n) is 5.10. The minimum atomic E-state index is -0.381. The number of esters is 1. The first-order valence-corrected chi connectivity index (χ1v) is 8.45. The van der Waals surface area contributed by atoms with Crippen molar-refractivity contribution < 1.29 is 19.1 Å². The van der Waals surface area contributed by atoms with Crippen molar-refractivity contribution in [3.63, 3.8) is 0 Å². The van der Waals surface area contributed by atoms with Crippen molar-refractivity contribution in [2.75, 3.05) is 18.5 Å². The number of carbonyl (C=O) groups is 2. The summed E-state index contributed by atoms with van der Waals surface area (Å²) in [5.41, 5.74) is 0.742. The maximum Gasteiger partial charge on any atom is 0.306 e. The molecule has 6 nitrogen and oxygen atoms in total. The molecule has 7 heteroatoms. The highest BCUT2D eigenvalue weighted by molar-refractivity contribution is 7.80. The van der Waals surface area contributed by atoms with E-state index in [-0.39, 0.29) is 29.8 Å². The predicted octanol–water partition coefficient (Wildman–Crippen LogP) is 3.02. The average Bonchev–Trinajstić information content (AvgIpc) is 2.57. The van der Waals surface area contributed by atoms with Crippen LogP contribution in [0.4, 0.5) is 5.69 Å². The molecule has 1 aromatic rings. The van der Waals surface area contributed by atoms with Crippen LogP contribution in [0, 0.1) is 0 Å². The van der Waals surface area contributed by atoms with Gasteiger partial charge in [-0.15, -0.1) is 0 Å². The standard InChI is InChI=1S/C17H24N2O4S/c1-3-11-22-14-7-5-13(6-8-14)18-17(24)19-15(20)9-10-16(21)23-12-4-2/h5-8H,3-4,9-12H2,1-2H3,(H2,18,19,20,24). The number of thiocarbonyl (C=S) groups is 1. The molecule has 2 N–H and O–H groups in total. The molecule has 0 radical (unpaired) electrons. The van der Waals surface area contributed by atoms with Gasteiger partial charge in [0.1, 0.15) is 5.75 Å². The van der Waals surface area contributed by atoms with Gasteiger partial charge in [0.25, 0.3) is 0 Å². The molecule has 0 unspecified atom stereocenters. The van der Waals surface area contributed by atoms with Gasteiger partial charge in [-0.3, -0.25) is 9.59 Å². The van der Waals surface area contributed by atoms with Crippen LogP contribution in [-0.2, 0) is 14.3 Å². The molecule has 0 atom stereocenters. The molecule has 0 fully saturated rings. The zero-order valence-electron chi connectivity index (χ0n) is 14.1. The number of hydrogen-bond acceptors (Lipinski definition) is 5. The number of rotatable bonds is 9. The van der Waals surface area contributed by atoms with Gasteiger partial charge in [0.2, 0.25) is 5.91 Å². The van der Waals surface area contributed by atoms with E-state index < -0.39 is 0 Å².